The summed E-state index contributed by atoms with van der Waals surface area (Å²) in [6.45, 7) is 0. The van der Waals surface area contributed by atoms with Crippen LogP contribution in [-0.4, -0.2) is 28.0 Å². The van der Waals surface area contributed by atoms with Crippen LogP contribution < -0.4 is 4.18 Å². The zero-order valence-corrected chi connectivity index (χ0v) is 14.2. The van der Waals surface area contributed by atoms with Crippen LogP contribution in [0.1, 0.15) is 0 Å². The summed E-state index contributed by atoms with van der Waals surface area (Å²) in [5.74, 6) is 0.249. The van der Waals surface area contributed by atoms with Crippen LogP contribution in [0.25, 0.3) is 21.8 Å². The van der Waals surface area contributed by atoms with E-state index in [-0.39, 0.29) is 11.5 Å². The van der Waals surface area contributed by atoms with Crippen molar-refractivity contribution in [1.29, 1.82) is 0 Å². The lowest BCUT2D eigenvalue weighted by atomic mass is 10.2. The molecule has 2 N–H and O–H groups in total. The van der Waals surface area contributed by atoms with Gasteiger partial charge >= 0.3 is 10.4 Å². The van der Waals surface area contributed by atoms with Gasteiger partial charge in [0.1, 0.15) is 16.8 Å². The number of rotatable bonds is 2. The van der Waals surface area contributed by atoms with Gasteiger partial charge in [-0.2, -0.15) is 8.42 Å². The second-order valence-electron chi connectivity index (χ2n) is 5.19. The summed E-state index contributed by atoms with van der Waals surface area (Å²) in [4.78, 5) is 8.00. The van der Waals surface area contributed by atoms with Crippen molar-refractivity contribution in [2.45, 2.75) is 0 Å². The molecule has 0 aliphatic carbocycles. The van der Waals surface area contributed by atoms with E-state index in [9.17, 15) is 13.5 Å². The Hall–Kier alpha value is -3.23. The van der Waals surface area contributed by atoms with Gasteiger partial charge in [0, 0.05) is 23.2 Å². The van der Waals surface area contributed by atoms with Crippen LogP contribution in [0.4, 0.5) is 0 Å². The molecule has 0 aliphatic rings. The van der Waals surface area contributed by atoms with Gasteiger partial charge < -0.3 is 9.29 Å². The van der Waals surface area contributed by atoms with Crippen molar-refractivity contribution in [2.24, 2.45) is 0 Å². The first kappa shape index (κ1) is 17.6. The minimum atomic E-state index is -4.51. The second kappa shape index (κ2) is 7.34. The molecule has 2 aromatic carbocycles. The summed E-state index contributed by atoms with van der Waals surface area (Å²) in [5.41, 5.74) is 1.05. The van der Waals surface area contributed by atoms with Gasteiger partial charge in [0.05, 0.1) is 0 Å². The highest BCUT2D eigenvalue weighted by atomic mass is 32.3. The Balaban J connectivity index is 0.000000158. The molecule has 2 aromatic heterocycles. The highest BCUT2D eigenvalue weighted by molar-refractivity contribution is 7.81. The largest absolute Gasteiger partial charge is 0.506 e. The lowest BCUT2D eigenvalue weighted by Gasteiger charge is -2.03. The molecule has 0 saturated carbocycles. The van der Waals surface area contributed by atoms with Crippen molar-refractivity contribution in [3.63, 3.8) is 0 Å². The van der Waals surface area contributed by atoms with Crippen LogP contribution in [0.5, 0.6) is 11.5 Å². The summed E-state index contributed by atoms with van der Waals surface area (Å²) < 4.78 is 34.0. The number of hydrogen-bond acceptors (Lipinski definition) is 6. The predicted molar refractivity (Wildman–Crippen MR) is 97.3 cm³/mol. The third-order valence-electron chi connectivity index (χ3n) is 3.40. The SMILES string of the molecule is O=S(=O)(O)Oc1cccc2cccnc12.Oc1cccc2cccnc12. The van der Waals surface area contributed by atoms with E-state index < -0.39 is 10.4 Å². The van der Waals surface area contributed by atoms with E-state index in [0.717, 1.165) is 10.8 Å². The number of fused-ring (bicyclic) bond motifs is 2. The molecule has 0 atom stereocenters. The molecule has 26 heavy (non-hydrogen) atoms. The number of benzene rings is 2. The monoisotopic (exact) mass is 370 g/mol. The fourth-order valence-corrected chi connectivity index (χ4v) is 2.71. The molecule has 0 spiro atoms. The van der Waals surface area contributed by atoms with Gasteiger partial charge in [0.15, 0.2) is 5.75 Å². The predicted octanol–water partition coefficient (Wildman–Crippen LogP) is 3.36. The van der Waals surface area contributed by atoms with Crippen molar-refractivity contribution in [3.05, 3.63) is 73.1 Å². The maximum absolute atomic E-state index is 10.5. The van der Waals surface area contributed by atoms with Gasteiger partial charge in [-0.15, -0.1) is 0 Å². The van der Waals surface area contributed by atoms with Crippen molar-refractivity contribution in [1.82, 2.24) is 9.97 Å². The van der Waals surface area contributed by atoms with Gasteiger partial charge in [0.25, 0.3) is 0 Å². The molecule has 8 heteroatoms. The zero-order valence-electron chi connectivity index (χ0n) is 13.4. The maximum Gasteiger partial charge on any atom is 0.446 e. The molecule has 0 amide bonds. The Kier molecular flexibility index (Phi) is 4.97. The van der Waals surface area contributed by atoms with Crippen LogP contribution in [0.15, 0.2) is 73.1 Å². The maximum atomic E-state index is 10.5. The molecule has 0 aliphatic heterocycles. The first-order chi connectivity index (χ1) is 12.4. The number of pyridine rings is 2. The van der Waals surface area contributed by atoms with E-state index in [4.69, 9.17) is 4.55 Å². The van der Waals surface area contributed by atoms with Crippen LogP contribution in [0.3, 0.4) is 0 Å². The Labute approximate surface area is 149 Å². The van der Waals surface area contributed by atoms with Gasteiger partial charge in [-0.25, -0.2) is 0 Å². The third kappa shape index (κ3) is 4.24. The normalized spacial score (nSPS) is 11.0. The number of phenols is 1. The minimum absolute atomic E-state index is 0.00981. The summed E-state index contributed by atoms with van der Waals surface area (Å²) in [6, 6.07) is 17.4. The Morgan fingerprint density at radius 1 is 0.769 bits per heavy atom. The van der Waals surface area contributed by atoms with Gasteiger partial charge in [0.2, 0.25) is 0 Å². The molecule has 0 bridgehead atoms. The smallest absolute Gasteiger partial charge is 0.446 e. The lowest BCUT2D eigenvalue weighted by molar-refractivity contribution is 0.388. The zero-order chi connectivity index (χ0) is 18.6. The number of para-hydroxylation sites is 2. The standard InChI is InChI=1S/C9H7NO4S.C9H7NO/c11-15(12,13)14-8-5-1-3-7-4-2-6-10-9(7)8;11-8-5-1-3-7-4-2-6-10-9(7)8/h1-6H,(H,11,12,13);1-6,11H. The molecule has 0 unspecified atom stereocenters. The van der Waals surface area contributed by atoms with Crippen LogP contribution in [-0.2, 0) is 10.4 Å². The molecular weight excluding hydrogens is 356 g/mol. The van der Waals surface area contributed by atoms with E-state index in [2.05, 4.69) is 14.2 Å². The van der Waals surface area contributed by atoms with E-state index in [1.54, 1.807) is 42.6 Å². The van der Waals surface area contributed by atoms with Gasteiger partial charge in [-0.05, 0) is 24.3 Å². The van der Waals surface area contributed by atoms with Crippen molar-refractivity contribution in [3.8, 4) is 11.5 Å². The van der Waals surface area contributed by atoms with E-state index in [0.29, 0.717) is 11.0 Å². The number of hydrogen-bond donors (Lipinski definition) is 2. The van der Waals surface area contributed by atoms with Crippen molar-refractivity contribution < 1.29 is 22.3 Å². The highest BCUT2D eigenvalue weighted by Gasteiger charge is 2.10. The summed E-state index contributed by atoms with van der Waals surface area (Å²) >= 11 is 0. The number of nitrogens with zero attached hydrogens (tertiary/aromatic N) is 2. The summed E-state index contributed by atoms with van der Waals surface area (Å²) in [5, 5.41) is 11.0. The molecule has 7 nitrogen and oxygen atoms in total. The van der Waals surface area contributed by atoms with E-state index in [1.807, 2.05) is 18.2 Å². The van der Waals surface area contributed by atoms with Crippen LogP contribution >= 0.6 is 0 Å². The fraction of sp³-hybridized carbons (Fsp3) is 0. The van der Waals surface area contributed by atoms with E-state index >= 15 is 0 Å². The highest BCUT2D eigenvalue weighted by Crippen LogP contribution is 2.23. The quantitative estimate of drug-likeness (QED) is 0.521. The second-order valence-corrected chi connectivity index (χ2v) is 6.22. The Morgan fingerprint density at radius 3 is 1.92 bits per heavy atom. The molecule has 4 aromatic rings. The Bertz CT molecular complexity index is 1150. The molecule has 2 heterocycles. The van der Waals surface area contributed by atoms with Crippen molar-refractivity contribution >= 4 is 32.2 Å². The van der Waals surface area contributed by atoms with Crippen LogP contribution in [0, 0.1) is 0 Å². The summed E-state index contributed by atoms with van der Waals surface area (Å²) in [6.07, 6.45) is 3.18. The molecule has 0 radical (unpaired) electrons. The first-order valence-electron chi connectivity index (χ1n) is 7.47. The lowest BCUT2D eigenvalue weighted by Crippen LogP contribution is -2.07. The van der Waals surface area contributed by atoms with Crippen molar-refractivity contribution in [2.75, 3.05) is 0 Å². The molecular formula is C18H14N2O5S. The average molecular weight is 370 g/mol. The van der Waals surface area contributed by atoms with Gasteiger partial charge in [-0.1, -0.05) is 36.4 Å². The average Bonchev–Trinajstić information content (AvgIpc) is 2.62. The minimum Gasteiger partial charge on any atom is -0.506 e. The van der Waals surface area contributed by atoms with Crippen LogP contribution in [0.2, 0.25) is 0 Å². The Morgan fingerprint density at radius 2 is 1.31 bits per heavy atom. The van der Waals surface area contributed by atoms with E-state index in [1.165, 1.54) is 12.3 Å². The topological polar surface area (TPSA) is 110 Å². The fourth-order valence-electron chi connectivity index (χ4n) is 2.35. The number of aromatic hydroxyl groups is 1. The number of phenolic OH excluding ortho intramolecular Hbond substituents is 1. The van der Waals surface area contributed by atoms with Gasteiger partial charge in [-0.3, -0.25) is 14.5 Å². The molecule has 0 saturated heterocycles. The molecule has 0 fully saturated rings. The summed E-state index contributed by atoms with van der Waals surface area (Å²) in [7, 11) is -4.51. The first-order valence-corrected chi connectivity index (χ1v) is 8.84. The number of aromatic nitrogens is 2. The molecule has 4 rings (SSSR count). The third-order valence-corrected chi connectivity index (χ3v) is 3.79. The molecule has 132 valence electrons.